The van der Waals surface area contributed by atoms with Gasteiger partial charge in [-0.2, -0.15) is 0 Å². The summed E-state index contributed by atoms with van der Waals surface area (Å²) < 4.78 is 0. The molecule has 1 unspecified atom stereocenters. The molecule has 1 amide bonds. The number of nitrogens with zero attached hydrogens (tertiary/aromatic N) is 1. The fourth-order valence-electron chi connectivity index (χ4n) is 1.07. The summed E-state index contributed by atoms with van der Waals surface area (Å²) in [6, 6.07) is -0.381. The number of hydrogen-bond donors (Lipinski definition) is 3. The van der Waals surface area contributed by atoms with Crippen molar-refractivity contribution in [2.45, 2.75) is 19.9 Å². The standard InChI is InChI=1S/C7H13N3O2/c1-4(2)6-7(11)8-3-5(9-6)10-12/h4,6,12H,3H2,1-2H3,(H,8,11)(H,9,10). The van der Waals surface area contributed by atoms with E-state index in [4.69, 9.17) is 5.21 Å². The van der Waals surface area contributed by atoms with E-state index in [0.717, 1.165) is 0 Å². The van der Waals surface area contributed by atoms with Crippen molar-refractivity contribution in [1.29, 1.82) is 0 Å². The maximum atomic E-state index is 11.2. The van der Waals surface area contributed by atoms with Crippen molar-refractivity contribution in [1.82, 2.24) is 10.8 Å². The number of aliphatic imine (C=N–C) groups is 1. The minimum Gasteiger partial charge on any atom is -0.347 e. The van der Waals surface area contributed by atoms with E-state index in [1.807, 2.05) is 19.3 Å². The van der Waals surface area contributed by atoms with Gasteiger partial charge < -0.3 is 5.32 Å². The third-order valence-electron chi connectivity index (χ3n) is 1.75. The summed E-state index contributed by atoms with van der Waals surface area (Å²) in [5, 5.41) is 11.2. The lowest BCUT2D eigenvalue weighted by molar-refractivity contribution is -0.123. The summed E-state index contributed by atoms with van der Waals surface area (Å²) in [5.41, 5.74) is 1.94. The fourth-order valence-corrected chi connectivity index (χ4v) is 1.07. The van der Waals surface area contributed by atoms with Crippen molar-refractivity contribution < 1.29 is 10.0 Å². The fraction of sp³-hybridized carbons (Fsp3) is 0.714. The van der Waals surface area contributed by atoms with Gasteiger partial charge in [0.2, 0.25) is 5.91 Å². The minimum atomic E-state index is -0.381. The van der Waals surface area contributed by atoms with Crippen molar-refractivity contribution in [2.75, 3.05) is 6.54 Å². The Balaban J connectivity index is 2.75. The maximum absolute atomic E-state index is 11.2. The van der Waals surface area contributed by atoms with Crippen LogP contribution in [0.2, 0.25) is 0 Å². The molecule has 0 aromatic heterocycles. The highest BCUT2D eigenvalue weighted by Crippen LogP contribution is 2.08. The van der Waals surface area contributed by atoms with Crippen molar-refractivity contribution in [3.63, 3.8) is 0 Å². The van der Waals surface area contributed by atoms with E-state index in [-0.39, 0.29) is 24.4 Å². The Morgan fingerprint density at radius 3 is 2.92 bits per heavy atom. The third-order valence-corrected chi connectivity index (χ3v) is 1.75. The molecule has 1 rings (SSSR count). The molecule has 0 fully saturated rings. The van der Waals surface area contributed by atoms with E-state index in [1.54, 1.807) is 0 Å². The number of hydroxylamine groups is 1. The molecule has 0 saturated heterocycles. The molecule has 0 aromatic rings. The number of hydrogen-bond acceptors (Lipinski definition) is 4. The SMILES string of the molecule is CC(C)C1N=C(NO)CNC1=O. The zero-order valence-electron chi connectivity index (χ0n) is 7.16. The summed E-state index contributed by atoms with van der Waals surface area (Å²) in [5.74, 6) is 0.478. The van der Waals surface area contributed by atoms with E-state index < -0.39 is 0 Å². The highest BCUT2D eigenvalue weighted by molar-refractivity contribution is 5.95. The molecule has 0 spiro atoms. The summed E-state index contributed by atoms with van der Waals surface area (Å²) in [7, 11) is 0. The highest BCUT2D eigenvalue weighted by Gasteiger charge is 2.25. The van der Waals surface area contributed by atoms with Crippen LogP contribution in [0.3, 0.4) is 0 Å². The second-order valence-corrected chi connectivity index (χ2v) is 3.09. The Kier molecular flexibility index (Phi) is 2.65. The zero-order chi connectivity index (χ0) is 9.14. The van der Waals surface area contributed by atoms with Crippen molar-refractivity contribution in [3.05, 3.63) is 0 Å². The number of carbonyl (C=O) groups excluding carboxylic acids is 1. The lowest BCUT2D eigenvalue weighted by atomic mass is 10.0. The number of amidine groups is 1. The number of nitrogens with one attached hydrogen (secondary N) is 2. The van der Waals surface area contributed by atoms with Gasteiger partial charge in [0.1, 0.15) is 11.9 Å². The first-order chi connectivity index (χ1) is 5.65. The predicted molar refractivity (Wildman–Crippen MR) is 44.0 cm³/mol. The van der Waals surface area contributed by atoms with E-state index in [0.29, 0.717) is 5.84 Å². The molecule has 12 heavy (non-hydrogen) atoms. The van der Waals surface area contributed by atoms with E-state index in [9.17, 15) is 4.79 Å². The van der Waals surface area contributed by atoms with Crippen LogP contribution < -0.4 is 10.8 Å². The van der Waals surface area contributed by atoms with Crippen molar-refractivity contribution >= 4 is 11.7 Å². The van der Waals surface area contributed by atoms with Crippen LogP contribution in [0.25, 0.3) is 0 Å². The Labute approximate surface area is 70.8 Å². The molecule has 5 heteroatoms. The normalized spacial score (nSPS) is 23.5. The maximum Gasteiger partial charge on any atom is 0.245 e. The highest BCUT2D eigenvalue weighted by atomic mass is 16.5. The topological polar surface area (TPSA) is 73.7 Å². The van der Waals surface area contributed by atoms with E-state index in [2.05, 4.69) is 10.3 Å². The van der Waals surface area contributed by atoms with Gasteiger partial charge in [0.25, 0.3) is 0 Å². The average Bonchev–Trinajstić information content (AvgIpc) is 2.05. The van der Waals surface area contributed by atoms with Gasteiger partial charge >= 0.3 is 0 Å². The van der Waals surface area contributed by atoms with Gasteiger partial charge in [-0.05, 0) is 5.92 Å². The molecule has 0 radical (unpaired) electrons. The van der Waals surface area contributed by atoms with Gasteiger partial charge in [-0.15, -0.1) is 0 Å². The van der Waals surface area contributed by atoms with Gasteiger partial charge in [0.15, 0.2) is 0 Å². The van der Waals surface area contributed by atoms with E-state index in [1.165, 1.54) is 0 Å². The Bertz CT molecular complexity index is 213. The van der Waals surface area contributed by atoms with Gasteiger partial charge in [-0.3, -0.25) is 20.5 Å². The molecular formula is C7H13N3O2. The minimum absolute atomic E-state index is 0.0796. The number of amides is 1. The largest absolute Gasteiger partial charge is 0.347 e. The van der Waals surface area contributed by atoms with Gasteiger partial charge in [0, 0.05) is 0 Å². The first-order valence-electron chi connectivity index (χ1n) is 3.89. The Hall–Kier alpha value is -1.10. The molecule has 0 saturated carbocycles. The molecule has 1 aliphatic rings. The number of carbonyl (C=O) groups is 1. The summed E-state index contributed by atoms with van der Waals surface area (Å²) >= 11 is 0. The summed E-state index contributed by atoms with van der Waals surface area (Å²) in [4.78, 5) is 15.2. The second kappa shape index (κ2) is 3.53. The third kappa shape index (κ3) is 1.73. The molecule has 0 aromatic carbocycles. The molecule has 1 aliphatic heterocycles. The smallest absolute Gasteiger partial charge is 0.245 e. The zero-order valence-corrected chi connectivity index (χ0v) is 7.16. The first-order valence-corrected chi connectivity index (χ1v) is 3.89. The van der Waals surface area contributed by atoms with Crippen LogP contribution in [0.5, 0.6) is 0 Å². The Morgan fingerprint density at radius 2 is 2.42 bits per heavy atom. The lowest BCUT2D eigenvalue weighted by Crippen LogP contribution is -2.48. The van der Waals surface area contributed by atoms with Crippen LogP contribution in [0.1, 0.15) is 13.8 Å². The molecule has 5 nitrogen and oxygen atoms in total. The summed E-state index contributed by atoms with van der Waals surface area (Å²) in [6.45, 7) is 4.10. The quantitative estimate of drug-likeness (QED) is 0.466. The molecular weight excluding hydrogens is 158 g/mol. The molecule has 3 N–H and O–H groups in total. The van der Waals surface area contributed by atoms with Crippen LogP contribution in [-0.2, 0) is 4.79 Å². The Morgan fingerprint density at radius 1 is 1.75 bits per heavy atom. The average molecular weight is 171 g/mol. The van der Waals surface area contributed by atoms with Crippen LogP contribution in [0.4, 0.5) is 0 Å². The van der Waals surface area contributed by atoms with Crippen molar-refractivity contribution in [3.8, 4) is 0 Å². The van der Waals surface area contributed by atoms with Crippen LogP contribution in [0.15, 0.2) is 4.99 Å². The first kappa shape index (κ1) is 8.99. The number of rotatable bonds is 1. The second-order valence-electron chi connectivity index (χ2n) is 3.09. The van der Waals surface area contributed by atoms with Crippen LogP contribution >= 0.6 is 0 Å². The van der Waals surface area contributed by atoms with E-state index >= 15 is 0 Å². The monoisotopic (exact) mass is 171 g/mol. The molecule has 1 heterocycles. The molecule has 0 bridgehead atoms. The van der Waals surface area contributed by atoms with Crippen molar-refractivity contribution in [2.24, 2.45) is 10.9 Å². The lowest BCUT2D eigenvalue weighted by Gasteiger charge is -2.22. The molecule has 68 valence electrons. The summed E-state index contributed by atoms with van der Waals surface area (Å²) in [6.07, 6.45) is 0. The van der Waals surface area contributed by atoms with Gasteiger partial charge in [-0.1, -0.05) is 13.8 Å². The van der Waals surface area contributed by atoms with Crippen LogP contribution in [0, 0.1) is 5.92 Å². The predicted octanol–water partition coefficient (Wildman–Crippen LogP) is -0.482. The molecule has 1 atom stereocenters. The molecule has 0 aliphatic carbocycles. The van der Waals surface area contributed by atoms with Gasteiger partial charge in [-0.25, -0.2) is 0 Å². The van der Waals surface area contributed by atoms with Crippen LogP contribution in [-0.4, -0.2) is 29.5 Å². The van der Waals surface area contributed by atoms with Gasteiger partial charge in [0.05, 0.1) is 6.54 Å².